The molecule has 0 bridgehead atoms. The molecular formula is C16H14FN3. The van der Waals surface area contributed by atoms with E-state index in [9.17, 15) is 4.39 Å². The molecule has 4 heteroatoms. The third-order valence-electron chi connectivity index (χ3n) is 3.70. The maximum Gasteiger partial charge on any atom is 0.142 e. The van der Waals surface area contributed by atoms with Crippen LogP contribution >= 0.6 is 0 Å². The molecule has 1 aliphatic rings. The van der Waals surface area contributed by atoms with Crippen LogP contribution < -0.4 is 4.90 Å². The number of pyridine rings is 1. The third-order valence-corrected chi connectivity index (χ3v) is 3.70. The molecule has 3 rings (SSSR count). The maximum atomic E-state index is 12.9. The van der Waals surface area contributed by atoms with E-state index in [1.807, 2.05) is 24.3 Å². The van der Waals surface area contributed by atoms with Gasteiger partial charge in [-0.15, -0.1) is 0 Å². The van der Waals surface area contributed by atoms with Crippen molar-refractivity contribution in [3.8, 4) is 6.07 Å². The number of benzene rings is 1. The molecule has 0 saturated carbocycles. The highest BCUT2D eigenvalue weighted by molar-refractivity contribution is 5.44. The van der Waals surface area contributed by atoms with E-state index in [0.717, 1.165) is 30.9 Å². The van der Waals surface area contributed by atoms with Crippen molar-refractivity contribution in [2.45, 2.75) is 12.3 Å². The fraction of sp³-hybridized carbons (Fsp3) is 0.250. The van der Waals surface area contributed by atoms with Gasteiger partial charge in [-0.25, -0.2) is 9.37 Å². The van der Waals surface area contributed by atoms with Gasteiger partial charge in [-0.05, 0) is 36.2 Å². The maximum absolute atomic E-state index is 12.9. The Morgan fingerprint density at radius 2 is 2.00 bits per heavy atom. The van der Waals surface area contributed by atoms with E-state index in [0.29, 0.717) is 11.6 Å². The van der Waals surface area contributed by atoms with E-state index in [1.165, 1.54) is 12.1 Å². The summed E-state index contributed by atoms with van der Waals surface area (Å²) in [5, 5.41) is 8.89. The smallest absolute Gasteiger partial charge is 0.142 e. The normalized spacial score (nSPS) is 18.0. The van der Waals surface area contributed by atoms with Crippen LogP contribution in [0.5, 0.6) is 0 Å². The second-order valence-corrected chi connectivity index (χ2v) is 4.98. The van der Waals surface area contributed by atoms with Gasteiger partial charge in [-0.2, -0.15) is 5.26 Å². The number of hydrogen-bond acceptors (Lipinski definition) is 3. The van der Waals surface area contributed by atoms with Gasteiger partial charge in [0, 0.05) is 19.0 Å². The first kappa shape index (κ1) is 12.6. The van der Waals surface area contributed by atoms with E-state index in [4.69, 9.17) is 5.26 Å². The average molecular weight is 267 g/mol. The Kier molecular flexibility index (Phi) is 3.34. The van der Waals surface area contributed by atoms with Crippen LogP contribution in [0.1, 0.15) is 23.6 Å². The molecule has 100 valence electrons. The number of rotatable bonds is 2. The van der Waals surface area contributed by atoms with Crippen LogP contribution in [0.2, 0.25) is 0 Å². The van der Waals surface area contributed by atoms with Gasteiger partial charge in [-0.1, -0.05) is 18.2 Å². The Hall–Kier alpha value is -2.41. The van der Waals surface area contributed by atoms with E-state index >= 15 is 0 Å². The Labute approximate surface area is 117 Å². The number of halogens is 1. The molecule has 0 amide bonds. The monoisotopic (exact) mass is 267 g/mol. The zero-order valence-electron chi connectivity index (χ0n) is 11.0. The summed E-state index contributed by atoms with van der Waals surface area (Å²) in [4.78, 5) is 6.50. The summed E-state index contributed by atoms with van der Waals surface area (Å²) in [6.07, 6.45) is 1.02. The molecular weight excluding hydrogens is 253 g/mol. The second kappa shape index (κ2) is 5.30. The molecule has 0 radical (unpaired) electrons. The lowest BCUT2D eigenvalue weighted by Crippen LogP contribution is -2.20. The summed E-state index contributed by atoms with van der Waals surface area (Å²) in [5.74, 6) is 1.03. The van der Waals surface area contributed by atoms with Gasteiger partial charge in [0.1, 0.15) is 23.4 Å². The molecule has 20 heavy (non-hydrogen) atoms. The summed E-state index contributed by atoms with van der Waals surface area (Å²) >= 11 is 0. The highest BCUT2D eigenvalue weighted by Crippen LogP contribution is 2.29. The molecule has 1 aromatic heterocycles. The molecule has 2 aromatic rings. The van der Waals surface area contributed by atoms with E-state index in [2.05, 4.69) is 16.0 Å². The minimum atomic E-state index is -0.202. The van der Waals surface area contributed by atoms with Crippen molar-refractivity contribution in [3.63, 3.8) is 0 Å². The Balaban J connectivity index is 1.76. The van der Waals surface area contributed by atoms with Gasteiger partial charge in [0.15, 0.2) is 0 Å². The predicted octanol–water partition coefficient (Wildman–Crippen LogP) is 3.09. The molecule has 1 saturated heterocycles. The number of hydrogen-bond donors (Lipinski definition) is 0. The van der Waals surface area contributed by atoms with Crippen molar-refractivity contribution in [1.82, 2.24) is 4.98 Å². The van der Waals surface area contributed by atoms with Crippen molar-refractivity contribution in [1.29, 1.82) is 5.26 Å². The Morgan fingerprint density at radius 1 is 1.20 bits per heavy atom. The largest absolute Gasteiger partial charge is 0.356 e. The van der Waals surface area contributed by atoms with Crippen LogP contribution in [0.3, 0.4) is 0 Å². The van der Waals surface area contributed by atoms with Crippen molar-refractivity contribution in [2.24, 2.45) is 0 Å². The summed E-state index contributed by atoms with van der Waals surface area (Å²) in [7, 11) is 0. The standard InChI is InChI=1S/C16H14FN3/c17-14-6-4-12(5-7-14)13-8-9-20(11-13)16-3-1-2-15(10-18)19-16/h1-7,13H,8-9,11H2. The van der Waals surface area contributed by atoms with Gasteiger partial charge in [0.25, 0.3) is 0 Å². The van der Waals surface area contributed by atoms with Crippen molar-refractivity contribution < 1.29 is 4.39 Å². The zero-order valence-corrected chi connectivity index (χ0v) is 11.0. The predicted molar refractivity (Wildman–Crippen MR) is 74.9 cm³/mol. The second-order valence-electron chi connectivity index (χ2n) is 4.98. The van der Waals surface area contributed by atoms with Crippen LogP contribution in [-0.4, -0.2) is 18.1 Å². The van der Waals surface area contributed by atoms with E-state index < -0.39 is 0 Å². The van der Waals surface area contributed by atoms with E-state index in [-0.39, 0.29) is 5.82 Å². The fourth-order valence-electron chi connectivity index (χ4n) is 2.64. The lowest BCUT2D eigenvalue weighted by molar-refractivity contribution is 0.625. The van der Waals surface area contributed by atoms with Crippen molar-refractivity contribution >= 4 is 5.82 Å². The van der Waals surface area contributed by atoms with E-state index in [1.54, 1.807) is 6.07 Å². The van der Waals surface area contributed by atoms with Gasteiger partial charge in [0.2, 0.25) is 0 Å². The summed E-state index contributed by atoms with van der Waals surface area (Å²) in [6, 6.07) is 14.3. The zero-order chi connectivity index (χ0) is 13.9. The molecule has 1 atom stereocenters. The molecule has 1 fully saturated rings. The van der Waals surface area contributed by atoms with Crippen molar-refractivity contribution in [2.75, 3.05) is 18.0 Å². The third kappa shape index (κ3) is 2.48. The first-order chi connectivity index (χ1) is 9.76. The lowest BCUT2D eigenvalue weighted by atomic mass is 9.99. The summed E-state index contributed by atoms with van der Waals surface area (Å²) in [6.45, 7) is 1.76. The molecule has 1 aliphatic heterocycles. The first-order valence-corrected chi connectivity index (χ1v) is 6.64. The SMILES string of the molecule is N#Cc1cccc(N2CCC(c3ccc(F)cc3)C2)n1. The minimum absolute atomic E-state index is 0.202. The Bertz CT molecular complexity index is 646. The minimum Gasteiger partial charge on any atom is -0.356 e. The fourth-order valence-corrected chi connectivity index (χ4v) is 2.64. The molecule has 0 N–H and O–H groups in total. The lowest BCUT2D eigenvalue weighted by Gasteiger charge is -2.17. The van der Waals surface area contributed by atoms with Crippen molar-refractivity contribution in [3.05, 3.63) is 59.5 Å². The molecule has 0 aliphatic carbocycles. The molecule has 1 aromatic carbocycles. The van der Waals surface area contributed by atoms with Gasteiger partial charge in [0.05, 0.1) is 0 Å². The molecule has 3 nitrogen and oxygen atoms in total. The quantitative estimate of drug-likeness (QED) is 0.839. The summed E-state index contributed by atoms with van der Waals surface area (Å²) in [5.41, 5.74) is 1.60. The number of nitrogens with zero attached hydrogens (tertiary/aromatic N) is 3. The molecule has 1 unspecified atom stereocenters. The first-order valence-electron chi connectivity index (χ1n) is 6.64. The van der Waals surface area contributed by atoms with Crippen LogP contribution in [0.25, 0.3) is 0 Å². The van der Waals surface area contributed by atoms with Crippen LogP contribution in [0, 0.1) is 17.1 Å². The van der Waals surface area contributed by atoms with Crippen LogP contribution in [-0.2, 0) is 0 Å². The van der Waals surface area contributed by atoms with Gasteiger partial charge < -0.3 is 4.90 Å². The highest BCUT2D eigenvalue weighted by atomic mass is 19.1. The topological polar surface area (TPSA) is 39.9 Å². The van der Waals surface area contributed by atoms with Gasteiger partial charge in [-0.3, -0.25) is 0 Å². The van der Waals surface area contributed by atoms with Crippen LogP contribution in [0.15, 0.2) is 42.5 Å². The number of anilines is 1. The molecule has 0 spiro atoms. The highest BCUT2D eigenvalue weighted by Gasteiger charge is 2.24. The van der Waals surface area contributed by atoms with Crippen LogP contribution in [0.4, 0.5) is 10.2 Å². The summed E-state index contributed by atoms with van der Waals surface area (Å²) < 4.78 is 12.9. The number of aromatic nitrogens is 1. The van der Waals surface area contributed by atoms with Gasteiger partial charge >= 0.3 is 0 Å². The molecule has 2 heterocycles. The number of nitriles is 1. The average Bonchev–Trinajstić information content (AvgIpc) is 2.98. The Morgan fingerprint density at radius 3 is 2.75 bits per heavy atom.